The number of carbonyl (C=O) groups excluding carboxylic acids is 2. The second kappa shape index (κ2) is 9.93. The highest BCUT2D eigenvalue weighted by atomic mass is 79.9. The summed E-state index contributed by atoms with van der Waals surface area (Å²) in [6.07, 6.45) is 0. The molecule has 0 bridgehead atoms. The van der Waals surface area contributed by atoms with Crippen molar-refractivity contribution in [1.29, 1.82) is 0 Å². The summed E-state index contributed by atoms with van der Waals surface area (Å²) < 4.78 is 31.2. The zero-order valence-corrected chi connectivity index (χ0v) is 21.7. The molecule has 2 amide bonds. The number of anilines is 2. The van der Waals surface area contributed by atoms with Crippen molar-refractivity contribution in [3.8, 4) is 5.75 Å². The molecular weight excluding hydrogens is 589 g/mol. The third-order valence-electron chi connectivity index (χ3n) is 5.51. The van der Waals surface area contributed by atoms with Gasteiger partial charge < -0.3 is 15.4 Å². The maximum absolute atomic E-state index is 14.3. The third-order valence-corrected chi connectivity index (χ3v) is 7.55. The summed E-state index contributed by atoms with van der Waals surface area (Å²) in [5, 5.41) is 5.43. The van der Waals surface area contributed by atoms with E-state index in [1.54, 1.807) is 6.07 Å². The first-order valence-electron chi connectivity index (χ1n) is 10.1. The fourth-order valence-corrected chi connectivity index (χ4v) is 5.13. The van der Waals surface area contributed by atoms with Gasteiger partial charge in [-0.15, -0.1) is 23.2 Å². The van der Waals surface area contributed by atoms with E-state index < -0.39 is 39.6 Å². The summed E-state index contributed by atoms with van der Waals surface area (Å²) in [6.45, 7) is 0. The Bertz CT molecular complexity index is 1320. The molecule has 3 aromatic rings. The van der Waals surface area contributed by atoms with Crippen LogP contribution in [0.5, 0.6) is 5.75 Å². The van der Waals surface area contributed by atoms with Crippen LogP contribution >= 0.6 is 50.7 Å². The molecule has 0 aliphatic heterocycles. The first kappa shape index (κ1) is 25.7. The topological polar surface area (TPSA) is 67.4 Å². The average molecular weight is 605 g/mol. The lowest BCUT2D eigenvalue weighted by atomic mass is 10.1. The van der Waals surface area contributed by atoms with Crippen LogP contribution in [0.15, 0.2) is 59.1 Å². The molecule has 182 valence electrons. The molecule has 3 aromatic carbocycles. The van der Waals surface area contributed by atoms with E-state index in [4.69, 9.17) is 39.5 Å². The van der Waals surface area contributed by atoms with Crippen molar-refractivity contribution in [2.45, 2.75) is 10.3 Å². The minimum Gasteiger partial charge on any atom is -0.495 e. The van der Waals surface area contributed by atoms with E-state index >= 15 is 0 Å². The van der Waals surface area contributed by atoms with Crippen LogP contribution in [0, 0.1) is 17.6 Å². The summed E-state index contributed by atoms with van der Waals surface area (Å²) in [5.41, 5.74) is 1.14. The first-order chi connectivity index (χ1) is 16.5. The van der Waals surface area contributed by atoms with Gasteiger partial charge in [-0.2, -0.15) is 0 Å². The lowest BCUT2D eigenvalue weighted by Gasteiger charge is -2.10. The van der Waals surface area contributed by atoms with E-state index in [-0.39, 0.29) is 26.5 Å². The van der Waals surface area contributed by atoms with Gasteiger partial charge in [0.15, 0.2) is 0 Å². The van der Waals surface area contributed by atoms with Crippen molar-refractivity contribution in [1.82, 2.24) is 0 Å². The molecule has 1 aliphatic carbocycles. The molecule has 5 nitrogen and oxygen atoms in total. The number of halogens is 6. The highest BCUT2D eigenvalue weighted by Crippen LogP contribution is 2.65. The average Bonchev–Trinajstić information content (AvgIpc) is 3.40. The molecule has 2 N–H and O–H groups in total. The third kappa shape index (κ3) is 5.26. The SMILES string of the molecule is COc1cc([C@H]2[C@H](C(=O)Nc3ccc(Cl)c(C(=O)Nc4ccc(F)cc4)c3)C2(Cl)Cl)cc(F)c1Br. The predicted molar refractivity (Wildman–Crippen MR) is 136 cm³/mol. The van der Waals surface area contributed by atoms with E-state index in [1.807, 2.05) is 0 Å². The van der Waals surface area contributed by atoms with Gasteiger partial charge in [0, 0.05) is 17.3 Å². The Kier molecular flexibility index (Phi) is 7.29. The quantitative estimate of drug-likeness (QED) is 0.293. The van der Waals surface area contributed by atoms with Gasteiger partial charge in [0.1, 0.15) is 21.7 Å². The maximum Gasteiger partial charge on any atom is 0.257 e. The van der Waals surface area contributed by atoms with Crippen LogP contribution in [0.25, 0.3) is 0 Å². The second-order valence-corrected chi connectivity index (χ2v) is 10.4. The smallest absolute Gasteiger partial charge is 0.257 e. The van der Waals surface area contributed by atoms with E-state index in [2.05, 4.69) is 26.6 Å². The van der Waals surface area contributed by atoms with Crippen molar-refractivity contribution >= 4 is 73.9 Å². The largest absolute Gasteiger partial charge is 0.495 e. The monoisotopic (exact) mass is 602 g/mol. The molecule has 11 heteroatoms. The molecule has 0 unspecified atom stereocenters. The Morgan fingerprint density at radius 2 is 1.66 bits per heavy atom. The predicted octanol–water partition coefficient (Wildman–Crippen LogP) is 7.17. The summed E-state index contributed by atoms with van der Waals surface area (Å²) in [5.74, 6) is -3.42. The van der Waals surface area contributed by atoms with Crippen molar-refractivity contribution in [2.75, 3.05) is 17.7 Å². The van der Waals surface area contributed by atoms with Gasteiger partial charge in [-0.25, -0.2) is 8.78 Å². The lowest BCUT2D eigenvalue weighted by Crippen LogP contribution is -2.18. The van der Waals surface area contributed by atoms with E-state index in [1.165, 1.54) is 55.6 Å². The zero-order valence-electron chi connectivity index (χ0n) is 17.8. The maximum atomic E-state index is 14.3. The van der Waals surface area contributed by atoms with Crippen LogP contribution < -0.4 is 15.4 Å². The zero-order chi connectivity index (χ0) is 25.5. The van der Waals surface area contributed by atoms with Crippen LogP contribution in [-0.2, 0) is 4.79 Å². The molecular formula is C24H16BrCl3F2N2O3. The Balaban J connectivity index is 1.52. The molecule has 1 aliphatic rings. The number of benzene rings is 3. The summed E-state index contributed by atoms with van der Waals surface area (Å²) in [6, 6.07) is 12.4. The molecule has 0 aromatic heterocycles. The molecule has 2 atom stereocenters. The van der Waals surface area contributed by atoms with Gasteiger partial charge in [0.2, 0.25) is 5.91 Å². The molecule has 1 fully saturated rings. The second-order valence-electron chi connectivity index (χ2n) is 7.79. The minimum absolute atomic E-state index is 0.0869. The van der Waals surface area contributed by atoms with Crippen LogP contribution in [-0.4, -0.2) is 23.3 Å². The minimum atomic E-state index is -1.47. The summed E-state index contributed by atoms with van der Waals surface area (Å²) in [7, 11) is 1.39. The van der Waals surface area contributed by atoms with Crippen molar-refractivity contribution < 1.29 is 23.1 Å². The van der Waals surface area contributed by atoms with Gasteiger partial charge in [0.05, 0.1) is 28.1 Å². The van der Waals surface area contributed by atoms with Crippen LogP contribution in [0.1, 0.15) is 21.8 Å². The van der Waals surface area contributed by atoms with Gasteiger partial charge in [-0.05, 0) is 76.1 Å². The van der Waals surface area contributed by atoms with E-state index in [0.717, 1.165) is 0 Å². The standard InChI is InChI=1S/C24H16BrCl3F2N2O3/c1-35-18-9-11(8-17(30)21(18)25)19-20(24(19,27)28)23(34)32-14-6-7-16(26)15(10-14)22(33)31-13-4-2-12(29)3-5-13/h2-10,19-20H,1H3,(H,31,33)(H,32,34)/t19-,20+/m0/s1. The van der Waals surface area contributed by atoms with Crippen LogP contribution in [0.3, 0.4) is 0 Å². The molecule has 0 saturated heterocycles. The number of rotatable bonds is 6. The molecule has 0 radical (unpaired) electrons. The number of methoxy groups -OCH3 is 1. The van der Waals surface area contributed by atoms with E-state index in [0.29, 0.717) is 11.3 Å². The van der Waals surface area contributed by atoms with Gasteiger partial charge >= 0.3 is 0 Å². The highest BCUT2D eigenvalue weighted by molar-refractivity contribution is 9.10. The lowest BCUT2D eigenvalue weighted by molar-refractivity contribution is -0.117. The molecule has 0 heterocycles. The van der Waals surface area contributed by atoms with Crippen molar-refractivity contribution in [3.05, 3.63) is 86.9 Å². The van der Waals surface area contributed by atoms with Gasteiger partial charge in [0.25, 0.3) is 5.91 Å². The number of hydrogen-bond acceptors (Lipinski definition) is 3. The number of ether oxygens (including phenoxy) is 1. The number of carbonyl (C=O) groups is 2. The van der Waals surface area contributed by atoms with E-state index in [9.17, 15) is 18.4 Å². The summed E-state index contributed by atoms with van der Waals surface area (Å²) >= 11 is 22.0. The fourth-order valence-electron chi connectivity index (χ4n) is 3.71. The number of nitrogens with one attached hydrogen (secondary N) is 2. The first-order valence-corrected chi connectivity index (χ1v) is 12.0. The van der Waals surface area contributed by atoms with Crippen molar-refractivity contribution in [2.24, 2.45) is 5.92 Å². The Hall–Kier alpha value is -2.39. The molecule has 1 saturated carbocycles. The molecule has 35 heavy (non-hydrogen) atoms. The fraction of sp³-hybridized carbons (Fsp3) is 0.167. The van der Waals surface area contributed by atoms with Crippen LogP contribution in [0.4, 0.5) is 20.2 Å². The normalized spacial score (nSPS) is 18.0. The summed E-state index contributed by atoms with van der Waals surface area (Å²) in [4.78, 5) is 25.7. The molecule has 4 rings (SSSR count). The van der Waals surface area contributed by atoms with Gasteiger partial charge in [-0.1, -0.05) is 11.6 Å². The van der Waals surface area contributed by atoms with Crippen molar-refractivity contribution in [3.63, 3.8) is 0 Å². The molecule has 0 spiro atoms. The van der Waals surface area contributed by atoms with Crippen LogP contribution in [0.2, 0.25) is 5.02 Å². The highest BCUT2D eigenvalue weighted by Gasteiger charge is 2.67. The Morgan fingerprint density at radius 1 is 1.00 bits per heavy atom. The Labute approximate surface area is 222 Å². The van der Waals surface area contributed by atoms with Gasteiger partial charge in [-0.3, -0.25) is 9.59 Å². The Morgan fingerprint density at radius 3 is 2.31 bits per heavy atom. The number of amides is 2. The number of alkyl halides is 2. The number of hydrogen-bond donors (Lipinski definition) is 2.